The number of aryl methyl sites for hydroxylation is 1. The number of hydrogen-bond acceptors (Lipinski definition) is 10. The Hall–Kier alpha value is -6.36. The zero-order valence-corrected chi connectivity index (χ0v) is 44.6. The highest BCUT2D eigenvalue weighted by atomic mass is 16.5. The minimum atomic E-state index is -0.905. The van der Waals surface area contributed by atoms with Gasteiger partial charge in [0.25, 0.3) is 5.91 Å². The van der Waals surface area contributed by atoms with E-state index in [0.717, 1.165) is 60.2 Å². The lowest BCUT2D eigenvalue weighted by Gasteiger charge is -2.36. The summed E-state index contributed by atoms with van der Waals surface area (Å²) in [7, 11) is 1.68. The third-order valence-corrected chi connectivity index (χ3v) is 14.1. The molecule has 2 aliphatic heterocycles. The molecule has 2 bridgehead atoms. The van der Waals surface area contributed by atoms with Gasteiger partial charge in [-0.05, 0) is 94.5 Å². The highest BCUT2D eigenvalue weighted by Crippen LogP contribution is 2.32. The maximum Gasteiger partial charge on any atom is 0.259 e. The number of ether oxygens (including phenoxy) is 1. The third-order valence-electron chi connectivity index (χ3n) is 14.1. The van der Waals surface area contributed by atoms with E-state index in [0.29, 0.717) is 49.9 Å². The summed E-state index contributed by atoms with van der Waals surface area (Å²) >= 11 is 0. The van der Waals surface area contributed by atoms with Crippen LogP contribution < -0.4 is 31.3 Å². The molecule has 2 aromatic carbocycles. The van der Waals surface area contributed by atoms with Crippen LogP contribution in [-0.2, 0) is 30.4 Å². The van der Waals surface area contributed by atoms with Crippen LogP contribution in [0.3, 0.4) is 0 Å². The fraction of sp³-hybridized carbons (Fsp3) is 0.571. The van der Waals surface area contributed by atoms with Crippen molar-refractivity contribution in [2.75, 3.05) is 33.2 Å². The van der Waals surface area contributed by atoms with Gasteiger partial charge in [-0.3, -0.25) is 28.8 Å². The predicted molar refractivity (Wildman–Crippen MR) is 282 cm³/mol. The first-order chi connectivity index (χ1) is 34.9. The first kappa shape index (κ1) is 55.9. The highest BCUT2D eigenvalue weighted by Gasteiger charge is 2.46. The highest BCUT2D eigenvalue weighted by molar-refractivity contribution is 5.99. The summed E-state index contributed by atoms with van der Waals surface area (Å²) in [4.78, 5) is 90.0. The van der Waals surface area contributed by atoms with Crippen LogP contribution in [-0.4, -0.2) is 123 Å². The Balaban J connectivity index is 0.943. The molecule has 0 spiro atoms. The van der Waals surface area contributed by atoms with Gasteiger partial charge >= 0.3 is 0 Å². The Morgan fingerprint density at radius 1 is 0.890 bits per heavy atom. The van der Waals surface area contributed by atoms with Crippen molar-refractivity contribution in [3.05, 3.63) is 94.9 Å². The average molecular weight is 1010 g/mol. The topological polar surface area (TPSA) is 208 Å². The Kier molecular flexibility index (Phi) is 20.0. The number of amides is 6. The van der Waals surface area contributed by atoms with Crippen LogP contribution in [0.5, 0.6) is 5.75 Å². The minimum absolute atomic E-state index is 0.0739. The molecule has 17 nitrogen and oxygen atoms in total. The second kappa shape index (κ2) is 26.0. The van der Waals surface area contributed by atoms with E-state index in [1.54, 1.807) is 29.6 Å². The number of carbonyl (C=O) groups excluding carboxylic acids is 6. The van der Waals surface area contributed by atoms with E-state index in [9.17, 15) is 28.8 Å². The van der Waals surface area contributed by atoms with Gasteiger partial charge in [-0.1, -0.05) is 108 Å². The molecule has 6 rings (SSSR count). The summed E-state index contributed by atoms with van der Waals surface area (Å²) in [5.41, 5.74) is 4.30. The maximum absolute atomic E-state index is 14.4. The van der Waals surface area contributed by atoms with Crippen molar-refractivity contribution in [3.8, 4) is 5.75 Å². The normalized spacial score (nSPS) is 19.4. The van der Waals surface area contributed by atoms with Crippen LogP contribution >= 0.6 is 0 Å². The molecule has 17 heteroatoms. The Morgan fingerprint density at radius 3 is 2.27 bits per heavy atom. The zero-order valence-electron chi connectivity index (χ0n) is 44.6. The lowest BCUT2D eigenvalue weighted by atomic mass is 9.85. The van der Waals surface area contributed by atoms with Gasteiger partial charge in [0.05, 0.1) is 24.8 Å². The van der Waals surface area contributed by atoms with E-state index in [1.165, 1.54) is 4.90 Å². The summed E-state index contributed by atoms with van der Waals surface area (Å²) < 4.78 is 8.12. The standard InChI is InChI=1S/C56H80N10O7/c1-10-45(40-20-16-15-17-21-40)62-53(70)46-32-42(35-65(46)55(72)50(56(6,7)8)63-52(69)39(5)57-9)60-49(68)23-19-14-12-11-13-18-22-48(67)58-27-29-64-34-38(4)73-47-25-24-36(2)30-43(47)37(3)31-41-26-28-66-51(61-41)44(33-59-66)54(64)71/h15-17,20-21,24-26,28,30,33,37-39,42,45-46,50,57H,10-14,18-19,22-23,27,29,31-32,34-35H2,1-9H3,(H,58,67)(H,60,68)(H,62,70)(H,63,69)/t37-,38-,39-,42-,45+,46-,50+/m0/s1. The number of nitrogens with one attached hydrogen (secondary N) is 5. The molecule has 7 atom stereocenters. The predicted octanol–water partition coefficient (Wildman–Crippen LogP) is 6.34. The SMILES string of the molecule is CC[C@@H](NC(=O)[C@@H]1C[C@H](NC(=O)CCCCCCCCC(=O)NCCN2C[C@H](C)Oc3ccc(C)cc3[C@@H](C)Cc3ccn4ncc(c4n3)C2=O)CN1C(=O)[C@@H](NC(=O)[C@H](C)NC)C(C)(C)C)c1ccccc1. The van der Waals surface area contributed by atoms with Gasteiger partial charge in [0, 0.05) is 50.4 Å². The zero-order chi connectivity index (χ0) is 52.8. The molecule has 73 heavy (non-hydrogen) atoms. The van der Waals surface area contributed by atoms with Crippen LogP contribution in [0.25, 0.3) is 5.65 Å². The molecule has 4 aromatic rings. The van der Waals surface area contributed by atoms with Gasteiger partial charge < -0.3 is 41.1 Å². The van der Waals surface area contributed by atoms with Crippen molar-refractivity contribution >= 4 is 41.1 Å². The quantitative estimate of drug-likeness (QED) is 0.0586. The van der Waals surface area contributed by atoms with Crippen LogP contribution in [0, 0.1) is 12.3 Å². The Morgan fingerprint density at radius 2 is 1.59 bits per heavy atom. The number of nitrogens with zero attached hydrogens (tertiary/aromatic N) is 5. The molecule has 2 aromatic heterocycles. The monoisotopic (exact) mass is 1000 g/mol. The molecule has 1 fully saturated rings. The number of likely N-dealkylation sites (tertiary alicyclic amines) is 1. The Labute approximate surface area is 431 Å². The number of likely N-dealkylation sites (N-methyl/N-ethyl adjacent to an activating group) is 1. The van der Waals surface area contributed by atoms with Crippen molar-refractivity contribution in [1.82, 2.24) is 51.0 Å². The van der Waals surface area contributed by atoms with E-state index >= 15 is 0 Å². The van der Waals surface area contributed by atoms with Crippen molar-refractivity contribution in [2.24, 2.45) is 5.41 Å². The largest absolute Gasteiger partial charge is 0.489 e. The molecule has 0 saturated carbocycles. The molecule has 2 aliphatic rings. The first-order valence-electron chi connectivity index (χ1n) is 26.5. The van der Waals surface area contributed by atoms with Crippen LogP contribution in [0.2, 0.25) is 0 Å². The molecule has 1 saturated heterocycles. The Bertz CT molecular complexity index is 2520. The van der Waals surface area contributed by atoms with E-state index in [2.05, 4.69) is 51.6 Å². The smallest absolute Gasteiger partial charge is 0.259 e. The average Bonchev–Trinajstić information content (AvgIpc) is 3.99. The molecule has 5 N–H and O–H groups in total. The fourth-order valence-corrected chi connectivity index (χ4v) is 9.78. The number of rotatable bonds is 21. The van der Waals surface area contributed by atoms with Crippen molar-refractivity contribution in [3.63, 3.8) is 0 Å². The van der Waals surface area contributed by atoms with Gasteiger partial charge in [0.2, 0.25) is 29.5 Å². The van der Waals surface area contributed by atoms with Crippen LogP contribution in [0.1, 0.15) is 157 Å². The number of hydrogen-bond donors (Lipinski definition) is 5. The summed E-state index contributed by atoms with van der Waals surface area (Å²) in [6.45, 7) is 16.5. The molecule has 6 amide bonds. The molecule has 396 valence electrons. The van der Waals surface area contributed by atoms with Gasteiger partial charge in [-0.15, -0.1) is 0 Å². The van der Waals surface area contributed by atoms with Gasteiger partial charge in [0.1, 0.15) is 29.5 Å². The minimum Gasteiger partial charge on any atom is -0.489 e. The number of aromatic nitrogens is 3. The van der Waals surface area contributed by atoms with Crippen LogP contribution in [0.4, 0.5) is 0 Å². The third kappa shape index (κ3) is 15.3. The van der Waals surface area contributed by atoms with E-state index < -0.39 is 29.6 Å². The first-order valence-corrected chi connectivity index (χ1v) is 26.5. The van der Waals surface area contributed by atoms with Gasteiger partial charge in [-0.2, -0.15) is 5.10 Å². The molecule has 0 aliphatic carbocycles. The number of benzene rings is 2. The number of carbonyl (C=O) groups is 6. The van der Waals surface area contributed by atoms with Crippen molar-refractivity contribution < 1.29 is 33.5 Å². The lowest BCUT2D eigenvalue weighted by Crippen LogP contribution is -2.59. The van der Waals surface area contributed by atoms with Crippen molar-refractivity contribution in [2.45, 2.75) is 168 Å². The summed E-state index contributed by atoms with van der Waals surface area (Å²) in [6, 6.07) is 14.8. The lowest BCUT2D eigenvalue weighted by molar-refractivity contribution is -0.144. The molecule has 4 heterocycles. The summed E-state index contributed by atoms with van der Waals surface area (Å²) in [5.74, 6) is -0.503. The summed E-state index contributed by atoms with van der Waals surface area (Å²) in [6.07, 6.45) is 10.3. The second-order valence-electron chi connectivity index (χ2n) is 21.2. The van der Waals surface area contributed by atoms with Gasteiger partial charge in [0.15, 0.2) is 5.65 Å². The molecule has 0 unspecified atom stereocenters. The fourth-order valence-electron chi connectivity index (χ4n) is 9.78. The number of unbranched alkanes of at least 4 members (excludes halogenated alkanes) is 5. The molecular formula is C56H80N10O7. The van der Waals surface area contributed by atoms with Crippen molar-refractivity contribution in [1.29, 1.82) is 0 Å². The summed E-state index contributed by atoms with van der Waals surface area (Å²) in [5, 5.41) is 19.5. The van der Waals surface area contributed by atoms with Crippen LogP contribution in [0.15, 0.2) is 67.0 Å². The molecule has 0 radical (unpaired) electrons. The molecular weight excluding hydrogens is 925 g/mol. The van der Waals surface area contributed by atoms with Gasteiger partial charge in [-0.25, -0.2) is 9.50 Å². The maximum atomic E-state index is 14.4. The van der Waals surface area contributed by atoms with E-state index in [4.69, 9.17) is 9.72 Å². The second-order valence-corrected chi connectivity index (χ2v) is 21.2. The number of fused-ring (bicyclic) bond motifs is 2. The van der Waals surface area contributed by atoms with E-state index in [-0.39, 0.29) is 79.6 Å². The van der Waals surface area contributed by atoms with E-state index in [1.807, 2.05) is 89.3 Å².